The molecule has 0 amide bonds. The summed E-state index contributed by atoms with van der Waals surface area (Å²) in [5.41, 5.74) is 7.40. The van der Waals surface area contributed by atoms with E-state index in [4.69, 9.17) is 5.73 Å². The fraction of sp³-hybridized carbons (Fsp3) is 0.231. The third-order valence-corrected chi connectivity index (χ3v) is 4.04. The number of anilines is 1. The topological polar surface area (TPSA) is 61.7 Å². The van der Waals surface area contributed by atoms with Crippen LogP contribution >= 0.6 is 22.6 Å². The van der Waals surface area contributed by atoms with Crippen LogP contribution in [0, 0.1) is 9.39 Å². The van der Waals surface area contributed by atoms with Gasteiger partial charge in [-0.2, -0.15) is 5.10 Å². The number of aromatic nitrogens is 4. The van der Waals surface area contributed by atoms with Gasteiger partial charge < -0.3 is 10.3 Å². The highest BCUT2D eigenvalue weighted by molar-refractivity contribution is 14.1. The van der Waals surface area contributed by atoms with Crippen molar-refractivity contribution >= 4 is 39.6 Å². The lowest BCUT2D eigenvalue weighted by Crippen LogP contribution is -2.15. The Morgan fingerprint density at radius 2 is 2.25 bits per heavy atom. The molecule has 20 heavy (non-hydrogen) atoms. The van der Waals surface area contributed by atoms with E-state index in [9.17, 15) is 4.39 Å². The Bertz CT molecular complexity index is 750. The van der Waals surface area contributed by atoms with Crippen LogP contribution in [-0.2, 0) is 6.54 Å². The van der Waals surface area contributed by atoms with Crippen LogP contribution in [0.1, 0.15) is 13.0 Å². The quantitative estimate of drug-likeness (QED) is 0.706. The van der Waals surface area contributed by atoms with E-state index in [1.165, 1.54) is 6.07 Å². The third-order valence-electron chi connectivity index (χ3n) is 3.21. The Morgan fingerprint density at radius 3 is 2.95 bits per heavy atom. The van der Waals surface area contributed by atoms with E-state index in [-0.39, 0.29) is 11.9 Å². The van der Waals surface area contributed by atoms with E-state index < -0.39 is 0 Å². The second kappa shape index (κ2) is 5.04. The minimum atomic E-state index is -0.259. The first kappa shape index (κ1) is 13.3. The number of fused-ring (bicyclic) bond motifs is 1. The zero-order valence-corrected chi connectivity index (χ0v) is 13.0. The van der Waals surface area contributed by atoms with Gasteiger partial charge in [0.1, 0.15) is 5.82 Å². The molecule has 2 aromatic heterocycles. The summed E-state index contributed by atoms with van der Waals surface area (Å²) >= 11 is 1.95. The number of nitrogens with two attached hydrogens (primary N) is 1. The van der Waals surface area contributed by atoms with Crippen LogP contribution in [-0.4, -0.2) is 19.3 Å². The Kier molecular flexibility index (Phi) is 3.36. The van der Waals surface area contributed by atoms with Gasteiger partial charge in [0.25, 0.3) is 0 Å². The van der Waals surface area contributed by atoms with E-state index in [0.717, 1.165) is 0 Å². The summed E-state index contributed by atoms with van der Waals surface area (Å²) < 4.78 is 18.0. The highest BCUT2D eigenvalue weighted by Gasteiger charge is 2.16. The average Bonchev–Trinajstić information content (AvgIpc) is 2.97. The fourth-order valence-electron chi connectivity index (χ4n) is 2.33. The van der Waals surface area contributed by atoms with Gasteiger partial charge in [-0.1, -0.05) is 0 Å². The summed E-state index contributed by atoms with van der Waals surface area (Å²) in [7, 11) is 0. The summed E-state index contributed by atoms with van der Waals surface area (Å²) in [6.45, 7) is 2.66. The molecule has 0 saturated carbocycles. The first-order chi connectivity index (χ1) is 9.56. The Balaban J connectivity index is 2.06. The molecule has 1 aromatic carbocycles. The standard InChI is InChI=1S/C13H13FIN5/c1-8(7-19-4-2-3-17-19)20-12-5-9(14)10(15)6-11(12)18-13(20)16/h2-6,8H,7H2,1H3,(H2,16,18). The molecule has 2 heterocycles. The van der Waals surface area contributed by atoms with Crippen LogP contribution < -0.4 is 5.73 Å². The minimum Gasteiger partial charge on any atom is -0.369 e. The lowest BCUT2D eigenvalue weighted by Gasteiger charge is -2.16. The molecule has 1 atom stereocenters. The summed E-state index contributed by atoms with van der Waals surface area (Å²) in [6, 6.07) is 5.09. The second-order valence-electron chi connectivity index (χ2n) is 4.67. The summed E-state index contributed by atoms with van der Waals surface area (Å²) in [5, 5.41) is 4.17. The molecule has 7 heteroatoms. The number of hydrogen-bond donors (Lipinski definition) is 1. The van der Waals surface area contributed by atoms with Crippen LogP contribution in [0.5, 0.6) is 0 Å². The molecule has 0 saturated heterocycles. The molecule has 5 nitrogen and oxygen atoms in total. The number of rotatable bonds is 3. The van der Waals surface area contributed by atoms with Crippen LogP contribution in [0.4, 0.5) is 10.3 Å². The predicted molar refractivity (Wildman–Crippen MR) is 83.8 cm³/mol. The van der Waals surface area contributed by atoms with Crippen molar-refractivity contribution in [1.29, 1.82) is 0 Å². The van der Waals surface area contributed by atoms with Gasteiger partial charge in [-0.15, -0.1) is 0 Å². The normalized spacial score (nSPS) is 12.9. The molecular formula is C13H13FIN5. The number of imidazole rings is 1. The van der Waals surface area contributed by atoms with Crippen molar-refractivity contribution in [2.24, 2.45) is 0 Å². The molecule has 0 radical (unpaired) electrons. The van der Waals surface area contributed by atoms with Gasteiger partial charge in [0.2, 0.25) is 5.95 Å². The van der Waals surface area contributed by atoms with E-state index in [1.807, 2.05) is 51.0 Å². The summed E-state index contributed by atoms with van der Waals surface area (Å²) in [4.78, 5) is 4.31. The van der Waals surface area contributed by atoms with Gasteiger partial charge in [-0.05, 0) is 41.6 Å². The monoisotopic (exact) mass is 385 g/mol. The number of nitrogens with zero attached hydrogens (tertiary/aromatic N) is 4. The molecule has 3 aromatic rings. The number of benzene rings is 1. The molecule has 0 aliphatic rings. The van der Waals surface area contributed by atoms with Gasteiger partial charge in [0.05, 0.1) is 27.2 Å². The first-order valence-corrected chi connectivity index (χ1v) is 7.24. The smallest absolute Gasteiger partial charge is 0.201 e. The van der Waals surface area contributed by atoms with E-state index in [1.54, 1.807) is 12.3 Å². The van der Waals surface area contributed by atoms with Gasteiger partial charge in [-0.25, -0.2) is 9.37 Å². The maximum atomic E-state index is 13.8. The fourth-order valence-corrected chi connectivity index (χ4v) is 2.78. The second-order valence-corrected chi connectivity index (χ2v) is 5.83. The maximum absolute atomic E-state index is 13.8. The summed E-state index contributed by atoms with van der Waals surface area (Å²) in [5.74, 6) is 0.131. The molecule has 0 fully saturated rings. The van der Waals surface area contributed by atoms with Crippen molar-refractivity contribution in [3.63, 3.8) is 0 Å². The summed E-state index contributed by atoms with van der Waals surface area (Å²) in [6.07, 6.45) is 3.61. The van der Waals surface area contributed by atoms with Gasteiger partial charge in [0, 0.05) is 18.5 Å². The highest BCUT2D eigenvalue weighted by Crippen LogP contribution is 2.26. The van der Waals surface area contributed by atoms with E-state index >= 15 is 0 Å². The molecule has 0 aliphatic heterocycles. The van der Waals surface area contributed by atoms with Crippen molar-refractivity contribution in [3.05, 3.63) is 40.0 Å². The Hall–Kier alpha value is -1.64. The molecule has 3 rings (SSSR count). The molecule has 0 aliphatic carbocycles. The SMILES string of the molecule is CC(Cn1cccn1)n1c(N)nc2cc(I)c(F)cc21. The van der Waals surface area contributed by atoms with Gasteiger partial charge in [-0.3, -0.25) is 4.68 Å². The molecular weight excluding hydrogens is 372 g/mol. The van der Waals surface area contributed by atoms with Gasteiger partial charge in [0.15, 0.2) is 0 Å². The maximum Gasteiger partial charge on any atom is 0.201 e. The van der Waals surface area contributed by atoms with Crippen LogP contribution in [0.2, 0.25) is 0 Å². The molecule has 1 unspecified atom stereocenters. The predicted octanol–water partition coefficient (Wildman–Crippen LogP) is 2.82. The van der Waals surface area contributed by atoms with E-state index in [2.05, 4.69) is 10.1 Å². The van der Waals surface area contributed by atoms with Gasteiger partial charge >= 0.3 is 0 Å². The zero-order valence-electron chi connectivity index (χ0n) is 10.8. The van der Waals surface area contributed by atoms with Crippen molar-refractivity contribution in [2.45, 2.75) is 19.5 Å². The molecule has 0 bridgehead atoms. The van der Waals surface area contributed by atoms with Crippen molar-refractivity contribution in [1.82, 2.24) is 19.3 Å². The lowest BCUT2D eigenvalue weighted by atomic mass is 10.2. The average molecular weight is 385 g/mol. The van der Waals surface area contributed by atoms with Crippen molar-refractivity contribution in [2.75, 3.05) is 5.73 Å². The minimum absolute atomic E-state index is 0.0272. The number of nitrogen functional groups attached to an aromatic ring is 1. The van der Waals surface area contributed by atoms with E-state index in [0.29, 0.717) is 27.1 Å². The van der Waals surface area contributed by atoms with Crippen molar-refractivity contribution < 1.29 is 4.39 Å². The van der Waals surface area contributed by atoms with Crippen LogP contribution in [0.15, 0.2) is 30.6 Å². The number of halogens is 2. The highest BCUT2D eigenvalue weighted by atomic mass is 127. The number of hydrogen-bond acceptors (Lipinski definition) is 3. The molecule has 2 N–H and O–H groups in total. The largest absolute Gasteiger partial charge is 0.369 e. The van der Waals surface area contributed by atoms with Crippen LogP contribution in [0.25, 0.3) is 11.0 Å². The third kappa shape index (κ3) is 2.26. The molecule has 0 spiro atoms. The van der Waals surface area contributed by atoms with Crippen molar-refractivity contribution in [3.8, 4) is 0 Å². The van der Waals surface area contributed by atoms with Crippen LogP contribution in [0.3, 0.4) is 0 Å². The Morgan fingerprint density at radius 1 is 1.45 bits per heavy atom. The lowest BCUT2D eigenvalue weighted by molar-refractivity contribution is 0.449. The molecule has 104 valence electrons. The Labute approximate surface area is 128 Å². The zero-order chi connectivity index (χ0) is 14.3. The first-order valence-electron chi connectivity index (χ1n) is 6.16.